The molecule has 3 aromatic rings. The first-order chi connectivity index (χ1) is 15.3. The second kappa shape index (κ2) is 11.4. The number of ether oxygens (including phenoxy) is 1. The lowest BCUT2D eigenvalue weighted by Crippen LogP contribution is -2.47. The normalized spacial score (nSPS) is 16.3. The van der Waals surface area contributed by atoms with Crippen LogP contribution in [0.4, 0.5) is 0 Å². The maximum absolute atomic E-state index is 6.49. The van der Waals surface area contributed by atoms with E-state index in [1.165, 1.54) is 5.56 Å². The van der Waals surface area contributed by atoms with Gasteiger partial charge in [0.05, 0.1) is 6.61 Å². The Balaban J connectivity index is 1.25. The first kappa shape index (κ1) is 22.0. The Kier molecular flexibility index (Phi) is 8.14. The highest BCUT2D eigenvalue weighted by atomic mass is 35.5. The first-order valence-electron chi connectivity index (χ1n) is 11.2. The quantitative estimate of drug-likeness (QED) is 0.454. The summed E-state index contributed by atoms with van der Waals surface area (Å²) in [5.41, 5.74) is 3.59. The van der Waals surface area contributed by atoms with Crippen molar-refractivity contribution in [2.75, 3.05) is 45.9 Å². The van der Waals surface area contributed by atoms with Gasteiger partial charge in [-0.25, -0.2) is 0 Å². The van der Waals surface area contributed by atoms with Gasteiger partial charge in [0.1, 0.15) is 6.10 Å². The predicted octanol–water partition coefficient (Wildman–Crippen LogP) is 5.31. The van der Waals surface area contributed by atoms with Crippen molar-refractivity contribution in [1.82, 2.24) is 9.80 Å². The molecular formula is C27H31ClN2O. The van der Waals surface area contributed by atoms with Crippen molar-refractivity contribution in [2.24, 2.45) is 0 Å². The second-order valence-electron chi connectivity index (χ2n) is 8.10. The fraction of sp³-hybridized carbons (Fsp3) is 0.333. The SMILES string of the molecule is Clc1ccccc1C(OCCN1CCN(CCc2ccccc2)CC1)c1ccccc1. The molecule has 1 aliphatic heterocycles. The molecule has 1 aliphatic rings. The molecule has 0 N–H and O–H groups in total. The maximum Gasteiger partial charge on any atom is 0.109 e. The summed E-state index contributed by atoms with van der Waals surface area (Å²) in [7, 11) is 0. The number of hydrogen-bond donors (Lipinski definition) is 0. The van der Waals surface area contributed by atoms with Crippen molar-refractivity contribution in [3.05, 3.63) is 107 Å². The molecule has 4 heteroatoms. The zero-order chi connectivity index (χ0) is 21.3. The second-order valence-corrected chi connectivity index (χ2v) is 8.51. The number of rotatable bonds is 9. The van der Waals surface area contributed by atoms with E-state index in [2.05, 4.69) is 70.5 Å². The standard InChI is InChI=1S/C27H31ClN2O/c28-26-14-8-7-13-25(26)27(24-11-5-2-6-12-24)31-22-21-30-19-17-29(18-20-30)16-15-23-9-3-1-4-10-23/h1-14,27H,15-22H2. The van der Waals surface area contributed by atoms with E-state index in [1.807, 2.05) is 24.3 Å². The van der Waals surface area contributed by atoms with E-state index in [9.17, 15) is 0 Å². The molecule has 1 unspecified atom stereocenters. The molecule has 1 fully saturated rings. The average Bonchev–Trinajstić information content (AvgIpc) is 2.83. The van der Waals surface area contributed by atoms with Crippen molar-refractivity contribution < 1.29 is 4.74 Å². The molecule has 3 nitrogen and oxygen atoms in total. The maximum atomic E-state index is 6.49. The Morgan fingerprint density at radius 1 is 0.710 bits per heavy atom. The van der Waals surface area contributed by atoms with E-state index in [0.29, 0.717) is 6.61 Å². The third-order valence-corrected chi connectivity index (χ3v) is 6.35. The lowest BCUT2D eigenvalue weighted by Gasteiger charge is -2.35. The lowest BCUT2D eigenvalue weighted by atomic mass is 10.0. The molecule has 0 saturated carbocycles. The van der Waals surface area contributed by atoms with Gasteiger partial charge < -0.3 is 9.64 Å². The smallest absolute Gasteiger partial charge is 0.109 e. The molecule has 1 atom stereocenters. The van der Waals surface area contributed by atoms with Gasteiger partial charge in [-0.15, -0.1) is 0 Å². The molecule has 1 heterocycles. The Hall–Kier alpha value is -2.17. The van der Waals surface area contributed by atoms with E-state index in [0.717, 1.165) is 61.8 Å². The largest absolute Gasteiger partial charge is 0.367 e. The van der Waals surface area contributed by atoms with Crippen molar-refractivity contribution >= 4 is 11.6 Å². The van der Waals surface area contributed by atoms with Crippen LogP contribution in [0.25, 0.3) is 0 Å². The molecule has 0 aliphatic carbocycles. The Labute approximate surface area is 191 Å². The zero-order valence-electron chi connectivity index (χ0n) is 18.0. The molecule has 0 radical (unpaired) electrons. The summed E-state index contributed by atoms with van der Waals surface area (Å²) in [4.78, 5) is 5.08. The average molecular weight is 435 g/mol. The molecule has 0 spiro atoms. The minimum Gasteiger partial charge on any atom is -0.367 e. The molecule has 0 aromatic heterocycles. The van der Waals surface area contributed by atoms with Crippen LogP contribution in [-0.2, 0) is 11.2 Å². The van der Waals surface area contributed by atoms with Crippen molar-refractivity contribution in [1.29, 1.82) is 0 Å². The van der Waals surface area contributed by atoms with Crippen molar-refractivity contribution in [3.8, 4) is 0 Å². The van der Waals surface area contributed by atoms with Gasteiger partial charge in [-0.3, -0.25) is 4.90 Å². The van der Waals surface area contributed by atoms with Crippen LogP contribution in [0, 0.1) is 0 Å². The summed E-state index contributed by atoms with van der Waals surface area (Å²) in [5, 5.41) is 0.753. The molecule has 3 aromatic carbocycles. The summed E-state index contributed by atoms with van der Waals surface area (Å²) in [5.74, 6) is 0. The summed E-state index contributed by atoms with van der Waals surface area (Å²) in [6, 6.07) is 29.1. The van der Waals surface area contributed by atoms with Crippen LogP contribution in [0.5, 0.6) is 0 Å². The van der Waals surface area contributed by atoms with Crippen molar-refractivity contribution in [2.45, 2.75) is 12.5 Å². The molecule has 162 valence electrons. The summed E-state index contributed by atoms with van der Waals surface area (Å²) in [6.07, 6.45) is 0.989. The van der Waals surface area contributed by atoms with Crippen molar-refractivity contribution in [3.63, 3.8) is 0 Å². The van der Waals surface area contributed by atoms with E-state index < -0.39 is 0 Å². The number of hydrogen-bond acceptors (Lipinski definition) is 3. The van der Waals surface area contributed by atoms with Crippen LogP contribution < -0.4 is 0 Å². The van der Waals surface area contributed by atoms with Gasteiger partial charge in [0.2, 0.25) is 0 Å². The zero-order valence-corrected chi connectivity index (χ0v) is 18.8. The van der Waals surface area contributed by atoms with Gasteiger partial charge in [0, 0.05) is 49.9 Å². The fourth-order valence-corrected chi connectivity index (χ4v) is 4.38. The van der Waals surface area contributed by atoms with Crippen LogP contribution in [0.3, 0.4) is 0 Å². The van der Waals surface area contributed by atoms with Gasteiger partial charge in [-0.1, -0.05) is 90.5 Å². The number of benzene rings is 3. The minimum absolute atomic E-state index is 0.137. The van der Waals surface area contributed by atoms with Crippen LogP contribution in [0.1, 0.15) is 22.8 Å². The highest BCUT2D eigenvalue weighted by molar-refractivity contribution is 6.31. The van der Waals surface area contributed by atoms with Crippen LogP contribution in [0.15, 0.2) is 84.9 Å². The van der Waals surface area contributed by atoms with Gasteiger partial charge in [0.15, 0.2) is 0 Å². The summed E-state index contributed by atoms with van der Waals surface area (Å²) < 4.78 is 6.39. The van der Waals surface area contributed by atoms with Crippen LogP contribution in [0.2, 0.25) is 5.02 Å². The van der Waals surface area contributed by atoms with E-state index in [4.69, 9.17) is 16.3 Å². The highest BCUT2D eigenvalue weighted by Crippen LogP contribution is 2.31. The third kappa shape index (κ3) is 6.41. The molecule has 31 heavy (non-hydrogen) atoms. The lowest BCUT2D eigenvalue weighted by molar-refractivity contribution is 0.0455. The fourth-order valence-electron chi connectivity index (χ4n) is 4.15. The number of halogens is 1. The van der Waals surface area contributed by atoms with Gasteiger partial charge in [0.25, 0.3) is 0 Å². The first-order valence-corrected chi connectivity index (χ1v) is 11.6. The van der Waals surface area contributed by atoms with Crippen LogP contribution in [-0.4, -0.2) is 55.7 Å². The van der Waals surface area contributed by atoms with E-state index in [1.54, 1.807) is 0 Å². The monoisotopic (exact) mass is 434 g/mol. The highest BCUT2D eigenvalue weighted by Gasteiger charge is 2.20. The summed E-state index contributed by atoms with van der Waals surface area (Å²) in [6.45, 7) is 7.21. The van der Waals surface area contributed by atoms with Gasteiger partial charge in [-0.05, 0) is 23.6 Å². The number of nitrogens with zero attached hydrogens (tertiary/aromatic N) is 2. The number of piperazine rings is 1. The van der Waals surface area contributed by atoms with E-state index in [-0.39, 0.29) is 6.10 Å². The van der Waals surface area contributed by atoms with Gasteiger partial charge in [-0.2, -0.15) is 0 Å². The summed E-state index contributed by atoms with van der Waals surface area (Å²) >= 11 is 6.49. The minimum atomic E-state index is -0.137. The van der Waals surface area contributed by atoms with Crippen LogP contribution >= 0.6 is 11.6 Å². The molecule has 1 saturated heterocycles. The van der Waals surface area contributed by atoms with Gasteiger partial charge >= 0.3 is 0 Å². The molecule has 4 rings (SSSR count). The molecule has 0 amide bonds. The Morgan fingerprint density at radius 3 is 1.97 bits per heavy atom. The third-order valence-electron chi connectivity index (χ3n) is 6.01. The molecular weight excluding hydrogens is 404 g/mol. The topological polar surface area (TPSA) is 15.7 Å². The Morgan fingerprint density at radius 2 is 1.29 bits per heavy atom. The molecule has 0 bridgehead atoms. The predicted molar refractivity (Wildman–Crippen MR) is 129 cm³/mol. The van der Waals surface area contributed by atoms with E-state index >= 15 is 0 Å². The Bertz CT molecular complexity index is 911.